The second kappa shape index (κ2) is 8.34. The molecule has 1 aliphatic heterocycles. The molecule has 0 fully saturated rings. The largest absolute Gasteiger partial charge is 0.375 e. The average Bonchev–Trinajstić information content (AvgIpc) is 2.94. The Morgan fingerprint density at radius 2 is 1.73 bits per heavy atom. The molecule has 1 heterocycles. The van der Waals surface area contributed by atoms with Gasteiger partial charge in [-0.3, -0.25) is 9.59 Å². The second-order valence-corrected chi connectivity index (χ2v) is 8.67. The highest BCUT2D eigenvalue weighted by atomic mass is 79.9. The van der Waals surface area contributed by atoms with Crippen LogP contribution in [0.3, 0.4) is 0 Å². The smallest absolute Gasteiger partial charge is 0.264 e. The van der Waals surface area contributed by atoms with E-state index in [9.17, 15) is 14.7 Å². The molecule has 1 N–H and O–H groups in total. The molecule has 3 aromatic carbocycles. The maximum atomic E-state index is 13.3. The number of benzene rings is 3. The van der Waals surface area contributed by atoms with E-state index in [1.807, 2.05) is 36.4 Å². The first-order valence-corrected chi connectivity index (χ1v) is 10.7. The Balaban J connectivity index is 1.64. The van der Waals surface area contributed by atoms with Crippen molar-refractivity contribution in [2.75, 3.05) is 11.4 Å². The summed E-state index contributed by atoms with van der Waals surface area (Å²) in [6.45, 7) is 0.412. The maximum absolute atomic E-state index is 13.3. The van der Waals surface area contributed by atoms with Gasteiger partial charge in [0, 0.05) is 27.2 Å². The lowest BCUT2D eigenvalue weighted by Crippen LogP contribution is -2.42. The Labute approximate surface area is 188 Å². The zero-order valence-electron chi connectivity index (χ0n) is 16.0. The molecule has 0 unspecified atom stereocenters. The fourth-order valence-corrected chi connectivity index (χ4v) is 4.26. The Morgan fingerprint density at radius 3 is 2.43 bits per heavy atom. The molecular weight excluding hydrogens is 466 g/mol. The average molecular weight is 485 g/mol. The van der Waals surface area contributed by atoms with E-state index < -0.39 is 11.5 Å². The van der Waals surface area contributed by atoms with Crippen molar-refractivity contribution in [3.8, 4) is 0 Å². The van der Waals surface area contributed by atoms with Crippen LogP contribution in [0.2, 0.25) is 5.02 Å². The van der Waals surface area contributed by atoms with E-state index in [1.165, 1.54) is 0 Å². The van der Waals surface area contributed by atoms with Crippen LogP contribution in [0.1, 0.15) is 27.9 Å². The standard InChI is InChI=1S/C24H19BrClNO3/c25-18-8-11-21-20(14-18)24(30,15-22(28)17-6-9-19(26)10-7-17)23(29)27(21)13-12-16-4-2-1-3-5-16/h1-11,14,30H,12-13,15H2/t24-/m1/s1. The van der Waals surface area contributed by atoms with Gasteiger partial charge in [-0.25, -0.2) is 0 Å². The third kappa shape index (κ3) is 3.93. The molecule has 0 radical (unpaired) electrons. The number of rotatable bonds is 6. The second-order valence-electron chi connectivity index (χ2n) is 7.32. The van der Waals surface area contributed by atoms with E-state index in [2.05, 4.69) is 15.9 Å². The van der Waals surface area contributed by atoms with Crippen molar-refractivity contribution in [1.29, 1.82) is 0 Å². The summed E-state index contributed by atoms with van der Waals surface area (Å²) in [5.74, 6) is -0.799. The van der Waals surface area contributed by atoms with Crippen molar-refractivity contribution in [2.45, 2.75) is 18.4 Å². The van der Waals surface area contributed by atoms with Gasteiger partial charge in [0.1, 0.15) is 0 Å². The van der Waals surface area contributed by atoms with Crippen LogP contribution < -0.4 is 4.90 Å². The van der Waals surface area contributed by atoms with Gasteiger partial charge in [-0.15, -0.1) is 0 Å². The number of ketones is 1. The summed E-state index contributed by atoms with van der Waals surface area (Å²) in [5, 5.41) is 11.9. The summed E-state index contributed by atoms with van der Waals surface area (Å²) in [5.41, 5.74) is 0.659. The molecule has 1 aliphatic rings. The van der Waals surface area contributed by atoms with Gasteiger partial charge in [-0.2, -0.15) is 0 Å². The van der Waals surface area contributed by atoms with Gasteiger partial charge in [0.05, 0.1) is 12.1 Å². The van der Waals surface area contributed by atoms with Crippen LogP contribution in [0.25, 0.3) is 0 Å². The molecule has 30 heavy (non-hydrogen) atoms. The lowest BCUT2D eigenvalue weighted by atomic mass is 9.88. The molecule has 0 saturated heterocycles. The predicted molar refractivity (Wildman–Crippen MR) is 121 cm³/mol. The first-order chi connectivity index (χ1) is 14.4. The number of hydrogen-bond donors (Lipinski definition) is 1. The van der Waals surface area contributed by atoms with E-state index in [-0.39, 0.29) is 12.2 Å². The van der Waals surface area contributed by atoms with Gasteiger partial charge in [-0.1, -0.05) is 57.9 Å². The number of carbonyl (C=O) groups is 2. The maximum Gasteiger partial charge on any atom is 0.264 e. The van der Waals surface area contributed by atoms with Crippen molar-refractivity contribution in [3.63, 3.8) is 0 Å². The molecule has 4 nitrogen and oxygen atoms in total. The fraction of sp³-hybridized carbons (Fsp3) is 0.167. The van der Waals surface area contributed by atoms with E-state index in [0.717, 1.165) is 10.0 Å². The van der Waals surface area contributed by atoms with Crippen molar-refractivity contribution in [3.05, 3.63) is 99.0 Å². The summed E-state index contributed by atoms with van der Waals surface area (Å²) >= 11 is 9.31. The predicted octanol–water partition coefficient (Wildman–Crippen LogP) is 5.15. The first kappa shape index (κ1) is 20.8. The quantitative estimate of drug-likeness (QED) is 0.492. The highest BCUT2D eigenvalue weighted by Crippen LogP contribution is 2.44. The summed E-state index contributed by atoms with van der Waals surface area (Å²) in [6, 6.07) is 21.6. The van der Waals surface area contributed by atoms with Crippen molar-refractivity contribution >= 4 is 44.9 Å². The molecule has 0 aromatic heterocycles. The fourth-order valence-electron chi connectivity index (χ4n) is 3.77. The monoisotopic (exact) mass is 483 g/mol. The number of fused-ring (bicyclic) bond motifs is 1. The van der Waals surface area contributed by atoms with Crippen LogP contribution in [0, 0.1) is 0 Å². The van der Waals surface area contributed by atoms with E-state index >= 15 is 0 Å². The minimum atomic E-state index is -1.91. The Bertz CT molecular complexity index is 1100. The van der Waals surface area contributed by atoms with Crippen LogP contribution >= 0.6 is 27.5 Å². The van der Waals surface area contributed by atoms with E-state index in [4.69, 9.17) is 11.6 Å². The molecule has 1 amide bonds. The Morgan fingerprint density at radius 1 is 1.03 bits per heavy atom. The third-order valence-corrected chi connectivity index (χ3v) is 6.09. The molecular formula is C24H19BrClNO3. The van der Waals surface area contributed by atoms with Crippen LogP contribution in [0.4, 0.5) is 5.69 Å². The van der Waals surface area contributed by atoms with Crippen molar-refractivity contribution in [2.24, 2.45) is 0 Å². The number of hydrogen-bond acceptors (Lipinski definition) is 3. The minimum Gasteiger partial charge on any atom is -0.375 e. The molecule has 0 saturated carbocycles. The Hall–Kier alpha value is -2.47. The molecule has 3 aromatic rings. The van der Waals surface area contributed by atoms with Gasteiger partial charge in [0.2, 0.25) is 0 Å². The number of halogens is 2. The third-order valence-electron chi connectivity index (χ3n) is 5.34. The van der Waals surface area contributed by atoms with Gasteiger partial charge in [0.25, 0.3) is 5.91 Å². The van der Waals surface area contributed by atoms with Gasteiger partial charge < -0.3 is 10.0 Å². The number of aliphatic hydroxyl groups is 1. The van der Waals surface area contributed by atoms with E-state index in [1.54, 1.807) is 41.3 Å². The lowest BCUT2D eigenvalue weighted by Gasteiger charge is -2.23. The first-order valence-electron chi connectivity index (χ1n) is 9.55. The highest BCUT2D eigenvalue weighted by Gasteiger charge is 2.50. The summed E-state index contributed by atoms with van der Waals surface area (Å²) < 4.78 is 0.733. The van der Waals surface area contributed by atoms with Crippen molar-refractivity contribution in [1.82, 2.24) is 0 Å². The Kier molecular flexibility index (Phi) is 5.78. The number of anilines is 1. The highest BCUT2D eigenvalue weighted by molar-refractivity contribution is 9.10. The summed E-state index contributed by atoms with van der Waals surface area (Å²) in [7, 11) is 0. The van der Waals surface area contributed by atoms with Crippen LogP contribution in [0.5, 0.6) is 0 Å². The normalized spacial score (nSPS) is 17.8. The topological polar surface area (TPSA) is 57.6 Å². The summed E-state index contributed by atoms with van der Waals surface area (Å²) in [6.07, 6.45) is 0.308. The number of amides is 1. The zero-order chi connectivity index (χ0) is 21.3. The summed E-state index contributed by atoms with van der Waals surface area (Å²) in [4.78, 5) is 27.8. The number of Topliss-reactive ketones (excluding diaryl/α,β-unsaturated/α-hetero) is 1. The minimum absolute atomic E-state index is 0.321. The molecule has 1 atom stereocenters. The van der Waals surface area contributed by atoms with Crippen LogP contribution in [-0.2, 0) is 16.8 Å². The molecule has 4 rings (SSSR count). The van der Waals surface area contributed by atoms with Crippen LogP contribution in [-0.4, -0.2) is 23.3 Å². The van der Waals surface area contributed by atoms with Gasteiger partial charge >= 0.3 is 0 Å². The number of nitrogens with zero attached hydrogens (tertiary/aromatic N) is 1. The SMILES string of the molecule is O=C(C[C@]1(O)C(=O)N(CCc2ccccc2)c2ccc(Br)cc21)c1ccc(Cl)cc1. The lowest BCUT2D eigenvalue weighted by molar-refractivity contribution is -0.135. The van der Waals surface area contributed by atoms with Gasteiger partial charge in [0.15, 0.2) is 11.4 Å². The zero-order valence-corrected chi connectivity index (χ0v) is 18.4. The van der Waals surface area contributed by atoms with Crippen LogP contribution in [0.15, 0.2) is 77.3 Å². The number of carbonyl (C=O) groups excluding carboxylic acids is 2. The molecule has 152 valence electrons. The van der Waals surface area contributed by atoms with E-state index in [0.29, 0.717) is 34.8 Å². The molecule has 0 spiro atoms. The molecule has 0 aliphatic carbocycles. The molecule has 0 bridgehead atoms. The molecule has 6 heteroatoms. The van der Waals surface area contributed by atoms with Crippen molar-refractivity contribution < 1.29 is 14.7 Å². The van der Waals surface area contributed by atoms with Gasteiger partial charge in [-0.05, 0) is 54.4 Å².